The van der Waals surface area contributed by atoms with Crippen LogP contribution in [0.5, 0.6) is 0 Å². The Morgan fingerprint density at radius 2 is 1.72 bits per heavy atom. The molecule has 2 amide bonds. The molecule has 1 N–H and O–H groups in total. The Bertz CT molecular complexity index is 1040. The Labute approximate surface area is 176 Å². The van der Waals surface area contributed by atoms with E-state index in [1.807, 2.05) is 47.4 Å². The summed E-state index contributed by atoms with van der Waals surface area (Å²) >= 11 is 6.63. The highest BCUT2D eigenvalue weighted by Gasteiger charge is 2.34. The largest absolute Gasteiger partial charge is 0.335 e. The Balaban J connectivity index is 1.64. The monoisotopic (exact) mass is 405 g/mol. The van der Waals surface area contributed by atoms with Gasteiger partial charge in [-0.25, -0.2) is 4.79 Å². The number of nitrogens with one attached hydrogen (secondary N) is 1. The number of urea groups is 1. The van der Waals surface area contributed by atoms with Crippen molar-refractivity contribution >= 4 is 17.6 Å². The number of hydrogen-bond acceptors (Lipinski definition) is 1. The molecule has 5 heteroatoms. The SMILES string of the molecule is O=C(NC1CCCC1)N1Cc2ccccc2-n2cccc2C1c1ccccc1Cl. The van der Waals surface area contributed by atoms with E-state index >= 15 is 0 Å². The first-order valence-corrected chi connectivity index (χ1v) is 10.7. The number of fused-ring (bicyclic) bond motifs is 3. The van der Waals surface area contributed by atoms with E-state index in [2.05, 4.69) is 34.3 Å². The number of carbonyl (C=O) groups is 1. The molecule has 0 bridgehead atoms. The van der Waals surface area contributed by atoms with Crippen molar-refractivity contribution in [2.75, 3.05) is 0 Å². The van der Waals surface area contributed by atoms with E-state index in [1.54, 1.807) is 0 Å². The third-order valence-corrected chi connectivity index (χ3v) is 6.45. The summed E-state index contributed by atoms with van der Waals surface area (Å²) in [4.78, 5) is 15.4. The first kappa shape index (κ1) is 18.3. The molecule has 1 aliphatic heterocycles. The minimum absolute atomic E-state index is 0.0220. The van der Waals surface area contributed by atoms with Gasteiger partial charge in [0.1, 0.15) is 6.04 Å². The first-order valence-electron chi connectivity index (χ1n) is 10.3. The molecule has 0 saturated heterocycles. The summed E-state index contributed by atoms with van der Waals surface area (Å²) in [6, 6.07) is 20.2. The Morgan fingerprint density at radius 1 is 0.966 bits per heavy atom. The van der Waals surface area contributed by atoms with Crippen LogP contribution in [0.25, 0.3) is 5.69 Å². The Kier molecular flexibility index (Phi) is 4.80. The van der Waals surface area contributed by atoms with Crippen LogP contribution in [-0.2, 0) is 6.54 Å². The van der Waals surface area contributed by atoms with E-state index in [-0.39, 0.29) is 18.1 Å². The van der Waals surface area contributed by atoms with Crippen LogP contribution in [0.1, 0.15) is 48.5 Å². The Morgan fingerprint density at radius 3 is 2.55 bits per heavy atom. The molecule has 0 radical (unpaired) electrons. The van der Waals surface area contributed by atoms with Gasteiger partial charge in [-0.3, -0.25) is 0 Å². The van der Waals surface area contributed by atoms with Gasteiger partial charge in [0.2, 0.25) is 0 Å². The molecule has 1 fully saturated rings. The van der Waals surface area contributed by atoms with Crippen LogP contribution >= 0.6 is 11.6 Å². The van der Waals surface area contributed by atoms with Crippen molar-refractivity contribution in [3.8, 4) is 5.69 Å². The van der Waals surface area contributed by atoms with Gasteiger partial charge in [0, 0.05) is 17.3 Å². The number of hydrogen-bond donors (Lipinski definition) is 1. The molecule has 1 atom stereocenters. The number of rotatable bonds is 2. The third kappa shape index (κ3) is 3.32. The van der Waals surface area contributed by atoms with Crippen LogP contribution in [0.15, 0.2) is 66.9 Å². The third-order valence-electron chi connectivity index (χ3n) is 6.11. The van der Waals surface area contributed by atoms with Gasteiger partial charge < -0.3 is 14.8 Å². The minimum Gasteiger partial charge on any atom is -0.335 e. The zero-order valence-electron chi connectivity index (χ0n) is 16.2. The van der Waals surface area contributed by atoms with Crippen LogP contribution in [-0.4, -0.2) is 21.5 Å². The second kappa shape index (κ2) is 7.60. The van der Waals surface area contributed by atoms with Crippen LogP contribution in [0, 0.1) is 0 Å². The molecule has 2 heterocycles. The van der Waals surface area contributed by atoms with Crippen LogP contribution in [0.3, 0.4) is 0 Å². The second-order valence-corrected chi connectivity index (χ2v) is 8.32. The number of nitrogens with zero attached hydrogens (tertiary/aromatic N) is 2. The van der Waals surface area contributed by atoms with Crippen molar-refractivity contribution in [3.63, 3.8) is 0 Å². The molecule has 4 nitrogen and oxygen atoms in total. The smallest absolute Gasteiger partial charge is 0.318 e. The summed E-state index contributed by atoms with van der Waals surface area (Å²) < 4.78 is 2.19. The summed E-state index contributed by atoms with van der Waals surface area (Å²) in [6.07, 6.45) is 6.55. The fourth-order valence-corrected chi connectivity index (χ4v) is 4.93. The molecule has 1 saturated carbocycles. The van der Waals surface area contributed by atoms with E-state index in [0.29, 0.717) is 11.6 Å². The molecule has 1 unspecified atom stereocenters. The van der Waals surface area contributed by atoms with Gasteiger partial charge in [-0.2, -0.15) is 0 Å². The van der Waals surface area contributed by atoms with Gasteiger partial charge in [-0.1, -0.05) is 60.8 Å². The van der Waals surface area contributed by atoms with Crippen molar-refractivity contribution in [3.05, 3.63) is 88.7 Å². The normalized spacial score (nSPS) is 18.8. The van der Waals surface area contributed by atoms with Gasteiger partial charge in [0.05, 0.1) is 17.9 Å². The number of aromatic nitrogens is 1. The van der Waals surface area contributed by atoms with E-state index in [0.717, 1.165) is 35.3 Å². The summed E-state index contributed by atoms with van der Waals surface area (Å²) in [5.41, 5.74) is 4.23. The molecule has 2 aromatic carbocycles. The Hall–Kier alpha value is -2.72. The number of carbonyl (C=O) groups excluding carboxylic acids is 1. The van der Waals surface area contributed by atoms with E-state index in [1.165, 1.54) is 12.8 Å². The summed E-state index contributed by atoms with van der Waals surface area (Å²) in [6.45, 7) is 0.534. The van der Waals surface area contributed by atoms with E-state index in [4.69, 9.17) is 11.6 Å². The van der Waals surface area contributed by atoms with Crippen LogP contribution in [0.4, 0.5) is 4.79 Å². The zero-order chi connectivity index (χ0) is 19.8. The predicted molar refractivity (Wildman–Crippen MR) is 115 cm³/mol. The predicted octanol–water partition coefficient (Wildman–Crippen LogP) is 5.69. The first-order chi connectivity index (χ1) is 14.2. The van der Waals surface area contributed by atoms with Gasteiger partial charge in [-0.05, 0) is 48.2 Å². The molecular formula is C24H24ClN3O. The maximum absolute atomic E-state index is 13.5. The zero-order valence-corrected chi connectivity index (χ0v) is 17.0. The summed E-state index contributed by atoms with van der Waals surface area (Å²) in [7, 11) is 0. The quantitative estimate of drug-likeness (QED) is 0.584. The molecule has 29 heavy (non-hydrogen) atoms. The number of benzene rings is 2. The standard InChI is InChI=1S/C24H24ClN3O/c25-20-12-5-4-11-19(20)23-22-14-7-15-27(22)21-13-6-1-8-17(21)16-28(23)24(29)26-18-9-2-3-10-18/h1,4-8,11-15,18,23H,2-3,9-10,16H2,(H,26,29). The number of halogens is 1. The highest BCUT2D eigenvalue weighted by Crippen LogP contribution is 2.39. The van der Waals surface area contributed by atoms with E-state index in [9.17, 15) is 4.79 Å². The molecule has 0 spiro atoms. The average Bonchev–Trinajstić information content (AvgIpc) is 3.39. The number of amides is 2. The van der Waals surface area contributed by atoms with Crippen LogP contribution < -0.4 is 5.32 Å². The van der Waals surface area contributed by atoms with Gasteiger partial charge >= 0.3 is 6.03 Å². The van der Waals surface area contributed by atoms with E-state index < -0.39 is 0 Å². The lowest BCUT2D eigenvalue weighted by molar-refractivity contribution is 0.176. The molecule has 3 aromatic rings. The summed E-state index contributed by atoms with van der Waals surface area (Å²) in [5.74, 6) is 0. The lowest BCUT2D eigenvalue weighted by Gasteiger charge is -2.32. The van der Waals surface area contributed by atoms with Gasteiger partial charge in [-0.15, -0.1) is 0 Å². The average molecular weight is 406 g/mol. The molecule has 5 rings (SSSR count). The molecule has 148 valence electrons. The maximum atomic E-state index is 13.5. The number of para-hydroxylation sites is 1. The molecule has 1 aliphatic carbocycles. The van der Waals surface area contributed by atoms with Crippen molar-refractivity contribution in [2.24, 2.45) is 0 Å². The molecule has 1 aromatic heterocycles. The second-order valence-electron chi connectivity index (χ2n) is 7.91. The fourth-order valence-electron chi connectivity index (χ4n) is 4.69. The summed E-state index contributed by atoms with van der Waals surface area (Å²) in [5, 5.41) is 3.96. The lowest BCUT2D eigenvalue weighted by atomic mass is 10.0. The van der Waals surface area contributed by atoms with Crippen molar-refractivity contribution in [1.82, 2.24) is 14.8 Å². The van der Waals surface area contributed by atoms with Gasteiger partial charge in [0.25, 0.3) is 0 Å². The van der Waals surface area contributed by atoms with Gasteiger partial charge in [0.15, 0.2) is 0 Å². The molecule has 2 aliphatic rings. The van der Waals surface area contributed by atoms with Crippen molar-refractivity contribution in [1.29, 1.82) is 0 Å². The maximum Gasteiger partial charge on any atom is 0.318 e. The highest BCUT2D eigenvalue weighted by molar-refractivity contribution is 6.31. The topological polar surface area (TPSA) is 37.3 Å². The van der Waals surface area contributed by atoms with Crippen molar-refractivity contribution < 1.29 is 4.79 Å². The lowest BCUT2D eigenvalue weighted by Crippen LogP contribution is -2.45. The van der Waals surface area contributed by atoms with Crippen molar-refractivity contribution in [2.45, 2.75) is 44.3 Å². The minimum atomic E-state index is -0.257. The highest BCUT2D eigenvalue weighted by atomic mass is 35.5. The fraction of sp³-hybridized carbons (Fsp3) is 0.292. The molecular weight excluding hydrogens is 382 g/mol. The van der Waals surface area contributed by atoms with Crippen LogP contribution in [0.2, 0.25) is 5.02 Å².